The molecular formula is C59H101N15O18. The van der Waals surface area contributed by atoms with Crippen LogP contribution in [-0.2, 0) is 68.7 Å². The number of benzene rings is 1. The zero-order chi connectivity index (χ0) is 69.8. The van der Waals surface area contributed by atoms with Gasteiger partial charge in [0.25, 0.3) is 0 Å². The minimum absolute atomic E-state index is 0.00180. The first-order valence-corrected chi connectivity index (χ1v) is 30.9. The molecule has 11 atom stereocenters. The van der Waals surface area contributed by atoms with Gasteiger partial charge in [0.1, 0.15) is 60.1 Å². The summed E-state index contributed by atoms with van der Waals surface area (Å²) in [6, 6.07) is -8.54. The molecule has 33 heteroatoms. The van der Waals surface area contributed by atoms with Crippen LogP contribution >= 0.6 is 0 Å². The maximum Gasteiger partial charge on any atom is 0.326 e. The molecule has 0 fully saturated rings. The summed E-state index contributed by atoms with van der Waals surface area (Å²) in [7, 11) is 0. The molecule has 92 heavy (non-hydrogen) atoms. The lowest BCUT2D eigenvalue weighted by atomic mass is 9.98. The van der Waals surface area contributed by atoms with Crippen molar-refractivity contribution in [1.29, 1.82) is 0 Å². The number of aliphatic hydroxyl groups excluding tert-OH is 2. The molecule has 33 nitrogen and oxygen atoms in total. The van der Waals surface area contributed by atoms with Gasteiger partial charge in [0.2, 0.25) is 65.0 Å². The molecule has 1 rings (SSSR count). The third-order valence-electron chi connectivity index (χ3n) is 14.3. The molecule has 11 amide bonds. The van der Waals surface area contributed by atoms with E-state index in [1.165, 1.54) is 31.2 Å². The zero-order valence-electron chi connectivity index (χ0n) is 53.7. The number of unbranched alkanes of at least 4 members (excludes halogenated alkanes) is 3. The average molecular weight is 1310 g/mol. The number of phenolic OH excluding ortho intramolecular Hbond substituents is 1. The number of phenols is 1. The lowest BCUT2D eigenvalue weighted by Crippen LogP contribution is -2.61. The monoisotopic (exact) mass is 1310 g/mol. The van der Waals surface area contributed by atoms with E-state index in [9.17, 15) is 87.9 Å². The maximum atomic E-state index is 14.3. The zero-order valence-corrected chi connectivity index (χ0v) is 53.7. The number of carbonyl (C=O) groups is 13. The minimum atomic E-state index is -1.73. The fourth-order valence-corrected chi connectivity index (χ4v) is 9.03. The number of nitrogens with two attached hydrogens (primary N) is 4. The Kier molecular flexibility index (Phi) is 38.8. The van der Waals surface area contributed by atoms with Gasteiger partial charge in [0.05, 0.1) is 31.8 Å². The smallest absolute Gasteiger partial charge is 0.326 e. The molecule has 520 valence electrons. The highest BCUT2D eigenvalue weighted by molar-refractivity contribution is 5.99. The van der Waals surface area contributed by atoms with Crippen molar-refractivity contribution >= 4 is 76.9 Å². The Morgan fingerprint density at radius 1 is 0.446 bits per heavy atom. The van der Waals surface area contributed by atoms with Crippen LogP contribution in [0.4, 0.5) is 0 Å². The van der Waals surface area contributed by atoms with E-state index in [2.05, 4.69) is 58.5 Å². The van der Waals surface area contributed by atoms with E-state index in [1.54, 1.807) is 41.5 Å². The quantitative estimate of drug-likeness (QED) is 0.0272. The normalized spacial score (nSPS) is 14.8. The molecular weight excluding hydrogens is 1210 g/mol. The van der Waals surface area contributed by atoms with E-state index < -0.39 is 181 Å². The van der Waals surface area contributed by atoms with E-state index in [0.29, 0.717) is 44.2 Å². The molecule has 0 aliphatic rings. The van der Waals surface area contributed by atoms with Crippen molar-refractivity contribution in [2.75, 3.05) is 39.3 Å². The van der Waals surface area contributed by atoms with Gasteiger partial charge in [-0.3, -0.25) is 57.5 Å². The number of carboxylic acids is 2. The molecule has 0 saturated heterocycles. The van der Waals surface area contributed by atoms with E-state index in [0.717, 1.165) is 0 Å². The van der Waals surface area contributed by atoms with Gasteiger partial charge in [-0.15, -0.1) is 0 Å². The molecule has 0 aromatic heterocycles. The second-order valence-corrected chi connectivity index (χ2v) is 23.5. The second kappa shape index (κ2) is 43.6. The van der Waals surface area contributed by atoms with E-state index in [4.69, 9.17) is 22.9 Å². The van der Waals surface area contributed by atoms with Crippen molar-refractivity contribution in [1.82, 2.24) is 58.5 Å². The standard InChI is InChI=1S/C59H101N15O18/c1-31(2)26-41(71-57(89)48(33(5)6)72-45(79)29-64-51(83)39(21-22-46(80)81)67-50(82)37(63)14-8-11-23-60)53(85)70-42(27-35-17-19-36(77)20-18-35)54(86)73-47(32(3)4)56(88)65-28-44(78)66-43(30-75)55(87)68-38(15-9-12-24-61)52(84)74-49(34(7)76)58(90)69-40(59(91)92)16-10-13-25-62/h17-20,31-34,37-43,47-49,75-77H,8-16,21-30,60-63H2,1-7H3,(H,64,83)(H,65,88)(H,66,78)(H,67,82)(H,68,87)(H,69,90)(H,70,85)(H,71,89)(H,72,79)(H,73,86)(H,74,84)(H,80,81)(H,91,92)/t34-,37+,38+,39+,40+,41+,42+,43+,47+,48+,49+/m1/s1. The van der Waals surface area contributed by atoms with Crippen LogP contribution in [0.3, 0.4) is 0 Å². The van der Waals surface area contributed by atoms with Crippen LogP contribution in [-0.4, -0.2) is 208 Å². The first-order chi connectivity index (χ1) is 43.3. The van der Waals surface area contributed by atoms with Crippen LogP contribution in [0.25, 0.3) is 0 Å². The van der Waals surface area contributed by atoms with Gasteiger partial charge in [0.15, 0.2) is 0 Å². The molecule has 0 aliphatic heterocycles. The summed E-state index contributed by atoms with van der Waals surface area (Å²) in [4.78, 5) is 173. The number of carboxylic acid groups (broad SMARTS) is 2. The first-order valence-electron chi connectivity index (χ1n) is 30.9. The summed E-state index contributed by atoms with van der Waals surface area (Å²) in [6.07, 6.45) is 0.135. The Morgan fingerprint density at radius 2 is 0.870 bits per heavy atom. The van der Waals surface area contributed by atoms with Crippen molar-refractivity contribution in [2.24, 2.45) is 40.7 Å². The van der Waals surface area contributed by atoms with Crippen LogP contribution < -0.4 is 81.4 Å². The van der Waals surface area contributed by atoms with Crippen molar-refractivity contribution in [3.05, 3.63) is 29.8 Å². The second-order valence-electron chi connectivity index (χ2n) is 23.5. The highest BCUT2D eigenvalue weighted by Crippen LogP contribution is 2.15. The number of hydrogen-bond donors (Lipinski definition) is 20. The average Bonchev–Trinajstić information content (AvgIpc) is 0.988. The third kappa shape index (κ3) is 31.8. The summed E-state index contributed by atoms with van der Waals surface area (Å²) in [5, 5.41) is 76.5. The van der Waals surface area contributed by atoms with Crippen molar-refractivity contribution in [2.45, 2.75) is 198 Å². The van der Waals surface area contributed by atoms with Gasteiger partial charge in [-0.25, -0.2) is 4.79 Å². The predicted molar refractivity (Wildman–Crippen MR) is 334 cm³/mol. The summed E-state index contributed by atoms with van der Waals surface area (Å²) in [6.45, 7) is 9.28. The van der Waals surface area contributed by atoms with E-state index >= 15 is 0 Å². The van der Waals surface area contributed by atoms with Crippen molar-refractivity contribution in [3.63, 3.8) is 0 Å². The fraction of sp³-hybridized carbons (Fsp3) is 0.678. The van der Waals surface area contributed by atoms with Crippen LogP contribution in [0.5, 0.6) is 5.75 Å². The number of aliphatic hydroxyl groups is 2. The van der Waals surface area contributed by atoms with Crippen molar-refractivity contribution < 1.29 is 87.9 Å². The number of hydrogen-bond acceptors (Lipinski definition) is 20. The summed E-state index contributed by atoms with van der Waals surface area (Å²) < 4.78 is 0. The van der Waals surface area contributed by atoms with Crippen LogP contribution in [0.2, 0.25) is 0 Å². The van der Waals surface area contributed by atoms with Gasteiger partial charge >= 0.3 is 11.9 Å². The fourth-order valence-electron chi connectivity index (χ4n) is 9.03. The van der Waals surface area contributed by atoms with Crippen LogP contribution in [0.1, 0.15) is 131 Å². The topological polar surface area (TPSA) is 559 Å². The van der Waals surface area contributed by atoms with Crippen LogP contribution in [0, 0.1) is 17.8 Å². The lowest BCUT2D eigenvalue weighted by Gasteiger charge is -2.29. The number of aromatic hydroxyl groups is 1. The van der Waals surface area contributed by atoms with Gasteiger partial charge in [-0.1, -0.05) is 60.1 Å². The summed E-state index contributed by atoms with van der Waals surface area (Å²) >= 11 is 0. The molecule has 0 spiro atoms. The number of amides is 11. The number of rotatable bonds is 46. The van der Waals surface area contributed by atoms with E-state index in [-0.39, 0.29) is 69.7 Å². The number of nitrogens with one attached hydrogen (secondary N) is 11. The maximum absolute atomic E-state index is 14.3. The Morgan fingerprint density at radius 3 is 1.38 bits per heavy atom. The Labute approximate surface area is 535 Å². The molecule has 0 bridgehead atoms. The largest absolute Gasteiger partial charge is 0.508 e. The summed E-state index contributed by atoms with van der Waals surface area (Å²) in [5.41, 5.74) is 23.0. The molecule has 1 aromatic rings. The van der Waals surface area contributed by atoms with E-state index in [1.807, 2.05) is 0 Å². The van der Waals surface area contributed by atoms with Crippen LogP contribution in [0.15, 0.2) is 24.3 Å². The van der Waals surface area contributed by atoms with Gasteiger partial charge in [-0.05, 0) is 126 Å². The van der Waals surface area contributed by atoms with Gasteiger partial charge in [-0.2, -0.15) is 0 Å². The predicted octanol–water partition coefficient (Wildman–Crippen LogP) is -5.07. The molecule has 1 aromatic carbocycles. The molecule has 0 aliphatic carbocycles. The Hall–Kier alpha value is -8.11. The Bertz CT molecular complexity index is 2580. The van der Waals surface area contributed by atoms with Gasteiger partial charge in [0, 0.05) is 12.8 Å². The molecule has 0 unspecified atom stereocenters. The summed E-state index contributed by atoms with van der Waals surface area (Å²) in [5.74, 6) is -14.4. The SMILES string of the molecule is CC(C)C[C@H](NC(=O)[C@@H](NC(=O)CNC(=O)[C@H](CCC(=O)O)NC(=O)[C@@H](N)CCCCN)C(C)C)C(=O)N[C@@H](Cc1ccc(O)cc1)C(=O)N[C@H](C(=O)NCC(=O)N[C@@H](CO)C(=O)N[C@@H](CCCCN)C(=O)N[C@H](C(=O)N[C@@H](CCCCN)C(=O)O)[C@@H](C)O)C(C)C. The first kappa shape index (κ1) is 81.9. The molecule has 0 radical (unpaired) electrons. The highest BCUT2D eigenvalue weighted by Gasteiger charge is 2.36. The lowest BCUT2D eigenvalue weighted by molar-refractivity contribution is -0.143. The number of aliphatic carboxylic acids is 2. The minimum Gasteiger partial charge on any atom is -0.508 e. The molecule has 24 N–H and O–H groups in total. The van der Waals surface area contributed by atoms with Gasteiger partial charge < -0.3 is 107 Å². The highest BCUT2D eigenvalue weighted by atomic mass is 16.4. The third-order valence-corrected chi connectivity index (χ3v) is 14.3. The molecule has 0 heterocycles. The Balaban J connectivity index is 3.31. The van der Waals surface area contributed by atoms with Crippen molar-refractivity contribution in [3.8, 4) is 5.75 Å². The number of carbonyl (C=O) groups excluding carboxylic acids is 11. The molecule has 0 saturated carbocycles.